The number of para-hydroxylation sites is 1. The third-order valence-electron chi connectivity index (χ3n) is 3.18. The maximum Gasteiger partial charge on any atom is 0.229 e. The van der Waals surface area contributed by atoms with Crippen molar-refractivity contribution >= 4 is 28.4 Å². The maximum absolute atomic E-state index is 13.7. The summed E-state index contributed by atoms with van der Waals surface area (Å²) < 4.78 is 26.7. The molecule has 0 bridgehead atoms. The van der Waals surface area contributed by atoms with Crippen molar-refractivity contribution in [3.63, 3.8) is 0 Å². The Balaban J connectivity index is 2.07. The smallest absolute Gasteiger partial charge is 0.229 e. The number of benzene rings is 2. The lowest BCUT2D eigenvalue weighted by Gasteiger charge is -2.16. The van der Waals surface area contributed by atoms with Crippen LogP contribution >= 0.6 is 0 Å². The summed E-state index contributed by atoms with van der Waals surface area (Å²) in [5.74, 6) is -0.344. The highest BCUT2D eigenvalue weighted by atomic mass is 19.1. The number of anilines is 3. The molecule has 0 aliphatic heterocycles. The molecule has 0 spiro atoms. The largest absolute Gasteiger partial charge is 0.362 e. The molecule has 1 aromatic heterocycles. The van der Waals surface area contributed by atoms with Crippen LogP contribution in [0.3, 0.4) is 0 Å². The standard InChI is InChI=1S/C16H14F2N4/c1-22(2)15-11-5-3-4-6-13(11)19-16(21-15)20-14-8-7-10(17)9-12(14)18/h3-9H,1-2H3,(H,19,20,21). The van der Waals surface area contributed by atoms with E-state index < -0.39 is 11.6 Å². The summed E-state index contributed by atoms with van der Waals surface area (Å²) in [4.78, 5) is 10.6. The van der Waals surface area contributed by atoms with Gasteiger partial charge in [-0.2, -0.15) is 4.98 Å². The lowest BCUT2D eigenvalue weighted by atomic mass is 10.2. The summed E-state index contributed by atoms with van der Waals surface area (Å²) in [6.45, 7) is 0. The molecule has 4 nitrogen and oxygen atoms in total. The molecule has 1 N–H and O–H groups in total. The van der Waals surface area contributed by atoms with E-state index in [4.69, 9.17) is 0 Å². The van der Waals surface area contributed by atoms with E-state index in [0.717, 1.165) is 22.8 Å². The van der Waals surface area contributed by atoms with Gasteiger partial charge in [0.2, 0.25) is 5.95 Å². The number of aromatic nitrogens is 2. The van der Waals surface area contributed by atoms with Crippen LogP contribution in [0.15, 0.2) is 42.5 Å². The maximum atomic E-state index is 13.7. The van der Waals surface area contributed by atoms with Crippen LogP contribution in [-0.2, 0) is 0 Å². The molecule has 3 rings (SSSR count). The van der Waals surface area contributed by atoms with Gasteiger partial charge in [0.25, 0.3) is 0 Å². The Hall–Kier alpha value is -2.76. The summed E-state index contributed by atoms with van der Waals surface area (Å²) in [5.41, 5.74) is 0.868. The number of rotatable bonds is 3. The number of nitrogens with one attached hydrogen (secondary N) is 1. The lowest BCUT2D eigenvalue weighted by Crippen LogP contribution is -2.13. The minimum atomic E-state index is -0.692. The van der Waals surface area contributed by atoms with Crippen molar-refractivity contribution in [2.75, 3.05) is 24.3 Å². The van der Waals surface area contributed by atoms with Crippen LogP contribution in [0.4, 0.5) is 26.2 Å². The molecule has 0 saturated carbocycles. The molecular weight excluding hydrogens is 286 g/mol. The van der Waals surface area contributed by atoms with Crippen LogP contribution in [0.5, 0.6) is 0 Å². The monoisotopic (exact) mass is 300 g/mol. The molecule has 0 unspecified atom stereocenters. The van der Waals surface area contributed by atoms with Crippen molar-refractivity contribution in [1.29, 1.82) is 0 Å². The van der Waals surface area contributed by atoms with Gasteiger partial charge in [0, 0.05) is 25.5 Å². The molecule has 112 valence electrons. The zero-order valence-corrected chi connectivity index (χ0v) is 12.1. The number of fused-ring (bicyclic) bond motifs is 1. The summed E-state index contributed by atoms with van der Waals surface area (Å²) in [7, 11) is 3.74. The SMILES string of the molecule is CN(C)c1nc(Nc2ccc(F)cc2F)nc2ccccc12. The summed E-state index contributed by atoms with van der Waals surface area (Å²) in [6.07, 6.45) is 0. The van der Waals surface area contributed by atoms with E-state index in [1.54, 1.807) is 0 Å². The van der Waals surface area contributed by atoms with Crippen molar-refractivity contribution in [1.82, 2.24) is 9.97 Å². The minimum absolute atomic E-state index is 0.126. The Morgan fingerprint density at radius 2 is 1.77 bits per heavy atom. The number of hydrogen-bond donors (Lipinski definition) is 1. The number of hydrogen-bond acceptors (Lipinski definition) is 4. The Bertz CT molecular complexity index is 833. The van der Waals surface area contributed by atoms with E-state index in [9.17, 15) is 8.78 Å². The van der Waals surface area contributed by atoms with Crippen molar-refractivity contribution in [3.8, 4) is 0 Å². The second-order valence-corrected chi connectivity index (χ2v) is 5.03. The fourth-order valence-corrected chi connectivity index (χ4v) is 2.17. The molecule has 0 saturated heterocycles. The Kier molecular flexibility index (Phi) is 3.58. The van der Waals surface area contributed by atoms with Gasteiger partial charge in [-0.05, 0) is 24.3 Å². The number of halogens is 2. The van der Waals surface area contributed by atoms with Gasteiger partial charge < -0.3 is 10.2 Å². The minimum Gasteiger partial charge on any atom is -0.362 e. The highest BCUT2D eigenvalue weighted by Crippen LogP contribution is 2.26. The molecule has 0 atom stereocenters. The highest BCUT2D eigenvalue weighted by Gasteiger charge is 2.11. The first-order valence-electron chi connectivity index (χ1n) is 6.71. The van der Waals surface area contributed by atoms with E-state index in [1.165, 1.54) is 12.1 Å². The summed E-state index contributed by atoms with van der Waals surface area (Å²) in [5, 5.41) is 3.70. The molecule has 22 heavy (non-hydrogen) atoms. The normalized spacial score (nSPS) is 10.7. The number of nitrogens with zero attached hydrogens (tertiary/aromatic N) is 3. The van der Waals surface area contributed by atoms with Gasteiger partial charge in [-0.15, -0.1) is 0 Å². The molecule has 0 aliphatic carbocycles. The lowest BCUT2D eigenvalue weighted by molar-refractivity contribution is 0.586. The average molecular weight is 300 g/mol. The summed E-state index contributed by atoms with van der Waals surface area (Å²) >= 11 is 0. The van der Waals surface area contributed by atoms with Gasteiger partial charge >= 0.3 is 0 Å². The quantitative estimate of drug-likeness (QED) is 0.800. The molecule has 0 amide bonds. The predicted octanol–water partition coefficient (Wildman–Crippen LogP) is 3.72. The molecular formula is C16H14F2N4. The third-order valence-corrected chi connectivity index (χ3v) is 3.18. The van der Waals surface area contributed by atoms with Gasteiger partial charge in [-0.25, -0.2) is 13.8 Å². The van der Waals surface area contributed by atoms with E-state index >= 15 is 0 Å². The van der Waals surface area contributed by atoms with Crippen LogP contribution in [0.2, 0.25) is 0 Å². The van der Waals surface area contributed by atoms with Crippen molar-refractivity contribution in [2.45, 2.75) is 0 Å². The van der Waals surface area contributed by atoms with Gasteiger partial charge in [-0.1, -0.05) is 12.1 Å². The van der Waals surface area contributed by atoms with Gasteiger partial charge in [0.1, 0.15) is 17.5 Å². The Morgan fingerprint density at radius 1 is 1.00 bits per heavy atom. The average Bonchev–Trinajstić information content (AvgIpc) is 2.49. The fourth-order valence-electron chi connectivity index (χ4n) is 2.17. The van der Waals surface area contributed by atoms with E-state index in [0.29, 0.717) is 0 Å². The molecule has 6 heteroatoms. The van der Waals surface area contributed by atoms with Crippen LogP contribution in [0.1, 0.15) is 0 Å². The van der Waals surface area contributed by atoms with Crippen molar-refractivity contribution in [2.24, 2.45) is 0 Å². The first-order chi connectivity index (χ1) is 10.5. The first kappa shape index (κ1) is 14.2. The summed E-state index contributed by atoms with van der Waals surface area (Å²) in [6, 6.07) is 10.9. The predicted molar refractivity (Wildman–Crippen MR) is 83.5 cm³/mol. The second kappa shape index (κ2) is 5.55. The van der Waals surface area contributed by atoms with Gasteiger partial charge in [-0.3, -0.25) is 0 Å². The van der Waals surface area contributed by atoms with Gasteiger partial charge in [0.05, 0.1) is 11.2 Å². The molecule has 0 aliphatic rings. The fraction of sp³-hybridized carbons (Fsp3) is 0.125. The molecule has 0 fully saturated rings. The molecule has 2 aromatic carbocycles. The molecule has 3 aromatic rings. The second-order valence-electron chi connectivity index (χ2n) is 5.03. The van der Waals surface area contributed by atoms with E-state index in [-0.39, 0.29) is 11.6 Å². The van der Waals surface area contributed by atoms with Crippen LogP contribution in [0.25, 0.3) is 10.9 Å². The van der Waals surface area contributed by atoms with Crippen molar-refractivity contribution in [3.05, 3.63) is 54.1 Å². The van der Waals surface area contributed by atoms with Crippen molar-refractivity contribution < 1.29 is 8.78 Å². The van der Waals surface area contributed by atoms with E-state index in [2.05, 4.69) is 15.3 Å². The van der Waals surface area contributed by atoms with E-state index in [1.807, 2.05) is 43.3 Å². The zero-order chi connectivity index (χ0) is 15.7. The Labute approximate surface area is 126 Å². The zero-order valence-electron chi connectivity index (χ0n) is 12.1. The molecule has 1 heterocycles. The highest BCUT2D eigenvalue weighted by molar-refractivity contribution is 5.90. The molecule has 0 radical (unpaired) electrons. The topological polar surface area (TPSA) is 41.1 Å². The van der Waals surface area contributed by atoms with Crippen LogP contribution in [0, 0.1) is 11.6 Å². The van der Waals surface area contributed by atoms with Gasteiger partial charge in [0.15, 0.2) is 0 Å². The first-order valence-corrected chi connectivity index (χ1v) is 6.71. The van der Waals surface area contributed by atoms with Crippen LogP contribution in [-0.4, -0.2) is 24.1 Å². The van der Waals surface area contributed by atoms with Crippen LogP contribution < -0.4 is 10.2 Å². The Morgan fingerprint density at radius 3 is 2.50 bits per heavy atom. The third kappa shape index (κ3) is 2.67.